The third-order valence-electron chi connectivity index (χ3n) is 5.92. The summed E-state index contributed by atoms with van der Waals surface area (Å²) in [5.74, 6) is -0.0756. The smallest absolute Gasteiger partial charge is 0.305 e. The number of unbranched alkanes of at least 4 members (excludes halogenated alkanes) is 2. The molecular formula is C23H39ClO4. The molecule has 1 aliphatic carbocycles. The Hall–Kier alpha value is -0.840. The van der Waals surface area contributed by atoms with E-state index in [9.17, 15) is 15.0 Å². The molecule has 5 heteroatoms. The number of hydrogen-bond acceptors (Lipinski definition) is 4. The van der Waals surface area contributed by atoms with Gasteiger partial charge in [0.2, 0.25) is 0 Å². The minimum Gasteiger partial charge on any atom is -0.469 e. The molecule has 0 aromatic carbocycles. The topological polar surface area (TPSA) is 66.8 Å². The van der Waals surface area contributed by atoms with E-state index in [1.807, 2.05) is 12.2 Å². The van der Waals surface area contributed by atoms with Crippen molar-refractivity contribution in [1.82, 2.24) is 0 Å². The molecule has 0 aromatic rings. The maximum Gasteiger partial charge on any atom is 0.305 e. The van der Waals surface area contributed by atoms with Crippen LogP contribution in [0.4, 0.5) is 0 Å². The van der Waals surface area contributed by atoms with Gasteiger partial charge in [0, 0.05) is 17.7 Å². The number of rotatable bonds is 12. The van der Waals surface area contributed by atoms with Gasteiger partial charge < -0.3 is 14.9 Å². The van der Waals surface area contributed by atoms with Gasteiger partial charge in [0.15, 0.2) is 0 Å². The predicted octanol–water partition coefficient (Wildman–Crippen LogP) is 5.01. The van der Waals surface area contributed by atoms with Gasteiger partial charge in [-0.3, -0.25) is 4.79 Å². The lowest BCUT2D eigenvalue weighted by atomic mass is 9.80. The van der Waals surface area contributed by atoms with Crippen molar-refractivity contribution in [3.8, 4) is 0 Å². The summed E-state index contributed by atoms with van der Waals surface area (Å²) in [6, 6.07) is 0. The monoisotopic (exact) mass is 414 g/mol. The summed E-state index contributed by atoms with van der Waals surface area (Å²) in [6.07, 6.45) is 13.5. The Morgan fingerprint density at radius 1 is 1.32 bits per heavy atom. The van der Waals surface area contributed by atoms with Crippen LogP contribution in [-0.2, 0) is 9.53 Å². The zero-order valence-electron chi connectivity index (χ0n) is 17.9. The van der Waals surface area contributed by atoms with E-state index in [-0.39, 0.29) is 28.6 Å². The fourth-order valence-corrected chi connectivity index (χ4v) is 4.23. The molecule has 28 heavy (non-hydrogen) atoms. The van der Waals surface area contributed by atoms with Crippen LogP contribution in [0.5, 0.6) is 0 Å². The summed E-state index contributed by atoms with van der Waals surface area (Å²) in [6.45, 7) is 6.32. The fourth-order valence-electron chi connectivity index (χ4n) is 3.78. The van der Waals surface area contributed by atoms with E-state index in [0.29, 0.717) is 12.8 Å². The molecule has 0 amide bonds. The van der Waals surface area contributed by atoms with Crippen molar-refractivity contribution in [2.45, 2.75) is 89.7 Å². The van der Waals surface area contributed by atoms with Gasteiger partial charge in [0.05, 0.1) is 19.3 Å². The molecule has 0 aliphatic heterocycles. The third kappa shape index (κ3) is 8.26. The largest absolute Gasteiger partial charge is 0.469 e. The molecule has 0 radical (unpaired) electrons. The lowest BCUT2D eigenvalue weighted by molar-refractivity contribution is -0.140. The fraction of sp³-hybridized carbons (Fsp3) is 0.783. The van der Waals surface area contributed by atoms with Gasteiger partial charge in [-0.25, -0.2) is 0 Å². The number of carbonyl (C=O) groups excluding carboxylic acids is 1. The minimum absolute atomic E-state index is 0.0427. The van der Waals surface area contributed by atoms with Crippen LogP contribution < -0.4 is 0 Å². The lowest BCUT2D eigenvalue weighted by Crippen LogP contribution is -2.28. The highest BCUT2D eigenvalue weighted by Gasteiger charge is 2.39. The summed E-state index contributed by atoms with van der Waals surface area (Å²) in [5, 5.41) is 20.9. The van der Waals surface area contributed by atoms with Crippen molar-refractivity contribution in [1.29, 1.82) is 0 Å². The molecule has 0 heterocycles. The number of aliphatic hydroxyl groups is 2. The van der Waals surface area contributed by atoms with Crippen LogP contribution in [-0.4, -0.2) is 40.9 Å². The van der Waals surface area contributed by atoms with Crippen LogP contribution in [0.15, 0.2) is 24.3 Å². The highest BCUT2D eigenvalue weighted by molar-refractivity contribution is 6.21. The first kappa shape index (κ1) is 25.2. The Kier molecular flexibility index (Phi) is 11.4. The van der Waals surface area contributed by atoms with E-state index in [2.05, 4.69) is 37.7 Å². The van der Waals surface area contributed by atoms with Gasteiger partial charge >= 0.3 is 5.97 Å². The van der Waals surface area contributed by atoms with E-state index in [1.54, 1.807) is 0 Å². The quantitative estimate of drug-likeness (QED) is 0.204. The molecule has 0 unspecified atom stereocenters. The standard InChI is InChI=1S/C23H39ClO4/c1-5-6-15-23(2,3)21(26)14-13-18-17(19(24)16-20(18)25)11-9-7-8-10-12-22(27)28-4/h7,9,13-14,17-21,25-26H,5-6,8,10-12,15-16H2,1-4H3/t17-,18-,19-,20-,21-/m1/s1. The number of esters is 1. The molecule has 1 aliphatic rings. The van der Waals surface area contributed by atoms with Crippen molar-refractivity contribution < 1.29 is 19.7 Å². The second kappa shape index (κ2) is 12.7. The van der Waals surface area contributed by atoms with Crippen molar-refractivity contribution in [2.75, 3.05) is 7.11 Å². The number of carbonyl (C=O) groups is 1. The number of allylic oxidation sites excluding steroid dienone is 2. The number of methoxy groups -OCH3 is 1. The number of halogens is 1. The third-order valence-corrected chi connectivity index (χ3v) is 6.42. The van der Waals surface area contributed by atoms with Crippen LogP contribution in [0.25, 0.3) is 0 Å². The van der Waals surface area contributed by atoms with Crippen molar-refractivity contribution in [3.05, 3.63) is 24.3 Å². The number of hydrogen-bond donors (Lipinski definition) is 2. The van der Waals surface area contributed by atoms with E-state index < -0.39 is 12.2 Å². The Morgan fingerprint density at radius 2 is 2.04 bits per heavy atom. The molecule has 2 N–H and O–H groups in total. The number of ether oxygens (including phenoxy) is 1. The molecule has 5 atom stereocenters. The van der Waals surface area contributed by atoms with Gasteiger partial charge in [0.25, 0.3) is 0 Å². The maximum absolute atomic E-state index is 11.1. The number of alkyl halides is 1. The second-order valence-electron chi connectivity index (χ2n) is 8.66. The van der Waals surface area contributed by atoms with Gasteiger partial charge in [-0.15, -0.1) is 11.6 Å². The molecule has 0 bridgehead atoms. The zero-order valence-corrected chi connectivity index (χ0v) is 18.7. The first-order valence-electron chi connectivity index (χ1n) is 10.6. The normalized spacial score (nSPS) is 27.0. The van der Waals surface area contributed by atoms with E-state index >= 15 is 0 Å². The molecule has 1 saturated carbocycles. The van der Waals surface area contributed by atoms with Crippen LogP contribution >= 0.6 is 11.6 Å². The molecule has 162 valence electrons. The lowest BCUT2D eigenvalue weighted by Gasteiger charge is -2.29. The summed E-state index contributed by atoms with van der Waals surface area (Å²) in [5.41, 5.74) is -0.175. The van der Waals surface area contributed by atoms with Crippen molar-refractivity contribution in [2.24, 2.45) is 17.3 Å². The Bertz CT molecular complexity index is 515. The first-order chi connectivity index (χ1) is 13.2. The maximum atomic E-state index is 11.1. The van der Waals surface area contributed by atoms with E-state index in [1.165, 1.54) is 7.11 Å². The molecule has 0 saturated heterocycles. The van der Waals surface area contributed by atoms with Crippen LogP contribution in [0.1, 0.15) is 72.1 Å². The average Bonchev–Trinajstić information content (AvgIpc) is 2.93. The van der Waals surface area contributed by atoms with Crippen molar-refractivity contribution in [3.63, 3.8) is 0 Å². The van der Waals surface area contributed by atoms with Crippen LogP contribution in [0, 0.1) is 17.3 Å². The number of aliphatic hydroxyl groups excluding tert-OH is 2. The van der Waals surface area contributed by atoms with Gasteiger partial charge in [0.1, 0.15) is 0 Å². The molecule has 1 fully saturated rings. The van der Waals surface area contributed by atoms with Gasteiger partial charge in [-0.05, 0) is 43.4 Å². The highest BCUT2D eigenvalue weighted by Crippen LogP contribution is 2.40. The highest BCUT2D eigenvalue weighted by atomic mass is 35.5. The summed E-state index contributed by atoms with van der Waals surface area (Å²) < 4.78 is 4.63. The summed E-state index contributed by atoms with van der Waals surface area (Å²) in [4.78, 5) is 11.1. The molecule has 4 nitrogen and oxygen atoms in total. The second-order valence-corrected chi connectivity index (χ2v) is 9.22. The van der Waals surface area contributed by atoms with Gasteiger partial charge in [-0.2, -0.15) is 0 Å². The Balaban J connectivity index is 2.59. The zero-order chi connectivity index (χ0) is 21.2. The SMILES string of the molecule is CCCCC(C)(C)[C@H](O)C=C[C@@H]1[C@@H](CC=CCCCC(=O)OC)[C@H](Cl)C[C@H]1O. The summed E-state index contributed by atoms with van der Waals surface area (Å²) >= 11 is 6.49. The van der Waals surface area contributed by atoms with E-state index in [0.717, 1.165) is 38.5 Å². The van der Waals surface area contributed by atoms with Crippen LogP contribution in [0.3, 0.4) is 0 Å². The summed E-state index contributed by atoms with van der Waals surface area (Å²) in [7, 11) is 1.40. The molecule has 0 aromatic heterocycles. The first-order valence-corrected chi connectivity index (χ1v) is 11.1. The minimum atomic E-state index is -0.532. The Morgan fingerprint density at radius 3 is 2.68 bits per heavy atom. The van der Waals surface area contributed by atoms with E-state index in [4.69, 9.17) is 11.6 Å². The predicted molar refractivity (Wildman–Crippen MR) is 115 cm³/mol. The molecular weight excluding hydrogens is 376 g/mol. The molecule has 0 spiro atoms. The van der Waals surface area contributed by atoms with Gasteiger partial charge in [-0.1, -0.05) is 57.9 Å². The Labute approximate surface area is 176 Å². The molecule has 1 rings (SSSR count). The van der Waals surface area contributed by atoms with Crippen LogP contribution in [0.2, 0.25) is 0 Å². The average molecular weight is 415 g/mol. The van der Waals surface area contributed by atoms with Crippen molar-refractivity contribution >= 4 is 17.6 Å².